The maximum Gasteiger partial charge on any atom is 0.158 e. The van der Waals surface area contributed by atoms with Gasteiger partial charge in [0.2, 0.25) is 0 Å². The van der Waals surface area contributed by atoms with E-state index in [1.807, 2.05) is 17.7 Å². The van der Waals surface area contributed by atoms with E-state index in [-0.39, 0.29) is 11.5 Å². The third-order valence-electron chi connectivity index (χ3n) is 4.28. The van der Waals surface area contributed by atoms with Crippen LogP contribution in [0.1, 0.15) is 19.0 Å². The minimum absolute atomic E-state index is 0.271. The molecular weight excluding hydrogens is 321 g/mol. The highest BCUT2D eigenvalue weighted by Crippen LogP contribution is 2.30. The van der Waals surface area contributed by atoms with Crippen molar-refractivity contribution in [2.75, 3.05) is 7.11 Å². The van der Waals surface area contributed by atoms with Gasteiger partial charge in [-0.05, 0) is 25.5 Å². The molecule has 0 unspecified atom stereocenters. The molecule has 4 aromatic heterocycles. The second-order valence-electron chi connectivity index (χ2n) is 5.95. The predicted octanol–water partition coefficient (Wildman–Crippen LogP) is 3.61. The molecule has 0 amide bonds. The number of methoxy groups -OCH3 is 1. The van der Waals surface area contributed by atoms with Gasteiger partial charge in [0, 0.05) is 29.8 Å². The molecule has 0 spiro atoms. The maximum absolute atomic E-state index is 14.8. The molecule has 0 aliphatic carbocycles. The van der Waals surface area contributed by atoms with E-state index in [0.29, 0.717) is 17.0 Å². The van der Waals surface area contributed by atoms with Crippen LogP contribution in [0.15, 0.2) is 30.6 Å². The van der Waals surface area contributed by atoms with Crippen LogP contribution in [0.3, 0.4) is 0 Å². The van der Waals surface area contributed by atoms with Gasteiger partial charge in [-0.1, -0.05) is 6.92 Å². The molecule has 4 heterocycles. The number of rotatable bonds is 4. The van der Waals surface area contributed by atoms with Crippen LogP contribution in [0.2, 0.25) is 0 Å². The average Bonchev–Trinajstić information content (AvgIpc) is 3.15. The first-order valence-corrected chi connectivity index (χ1v) is 8.17. The molecular formula is C18H18FN5O. The number of aryl methyl sites for hydroxylation is 2. The quantitative estimate of drug-likeness (QED) is 0.570. The van der Waals surface area contributed by atoms with Gasteiger partial charge in [0.25, 0.3) is 0 Å². The van der Waals surface area contributed by atoms with Crippen molar-refractivity contribution in [1.82, 2.24) is 24.4 Å². The highest BCUT2D eigenvalue weighted by molar-refractivity contribution is 5.85. The van der Waals surface area contributed by atoms with Crippen molar-refractivity contribution in [2.45, 2.75) is 26.8 Å². The molecule has 0 aliphatic rings. The molecule has 0 saturated heterocycles. The van der Waals surface area contributed by atoms with E-state index >= 15 is 0 Å². The van der Waals surface area contributed by atoms with Crippen molar-refractivity contribution in [3.05, 3.63) is 42.1 Å². The number of halogens is 1. The summed E-state index contributed by atoms with van der Waals surface area (Å²) in [6, 6.07) is 5.13. The van der Waals surface area contributed by atoms with Crippen LogP contribution in [0.5, 0.6) is 5.75 Å². The fourth-order valence-electron chi connectivity index (χ4n) is 3.05. The van der Waals surface area contributed by atoms with Crippen molar-refractivity contribution < 1.29 is 9.13 Å². The van der Waals surface area contributed by atoms with Gasteiger partial charge in [0.15, 0.2) is 5.65 Å². The van der Waals surface area contributed by atoms with Crippen LogP contribution in [-0.4, -0.2) is 31.5 Å². The molecule has 6 nitrogen and oxygen atoms in total. The smallest absolute Gasteiger partial charge is 0.158 e. The standard InChI is InChI=1S/C18H18FN5O/c1-4-6-24-18-13(11(2)22-24)9-15(19)17(21-18)14-10-20-23-7-5-12(25-3)8-16(14)23/h5,7-10H,4,6H2,1-3H3. The Hall–Kier alpha value is -2.96. The topological polar surface area (TPSA) is 57.2 Å². The second kappa shape index (κ2) is 5.84. The van der Waals surface area contributed by atoms with Crippen molar-refractivity contribution in [3.8, 4) is 17.0 Å². The first kappa shape index (κ1) is 15.6. The SMILES string of the molecule is CCCn1nc(C)c2cc(F)c(-c3cnn4ccc(OC)cc34)nc21. The van der Waals surface area contributed by atoms with Crippen molar-refractivity contribution in [3.63, 3.8) is 0 Å². The Balaban J connectivity index is 1.97. The normalized spacial score (nSPS) is 11.5. The zero-order valence-electron chi connectivity index (χ0n) is 14.3. The molecule has 0 bridgehead atoms. The fourth-order valence-corrected chi connectivity index (χ4v) is 3.05. The average molecular weight is 339 g/mol. The second-order valence-corrected chi connectivity index (χ2v) is 5.95. The van der Waals surface area contributed by atoms with E-state index in [4.69, 9.17) is 4.74 Å². The number of nitrogens with zero attached hydrogens (tertiary/aromatic N) is 5. The van der Waals surface area contributed by atoms with Gasteiger partial charge in [0.05, 0.1) is 24.5 Å². The lowest BCUT2D eigenvalue weighted by atomic mass is 10.1. The van der Waals surface area contributed by atoms with E-state index in [1.165, 1.54) is 6.07 Å². The molecule has 4 aromatic rings. The molecule has 4 rings (SSSR count). The zero-order valence-corrected chi connectivity index (χ0v) is 14.3. The number of hydrogen-bond donors (Lipinski definition) is 0. The first-order chi connectivity index (χ1) is 12.1. The highest BCUT2D eigenvalue weighted by atomic mass is 19.1. The van der Waals surface area contributed by atoms with Gasteiger partial charge in [-0.2, -0.15) is 10.2 Å². The number of pyridine rings is 2. The molecule has 0 N–H and O–H groups in total. The lowest BCUT2D eigenvalue weighted by Crippen LogP contribution is -2.01. The molecule has 7 heteroatoms. The van der Waals surface area contributed by atoms with Crippen molar-refractivity contribution >= 4 is 16.6 Å². The minimum Gasteiger partial charge on any atom is -0.497 e. The number of aromatic nitrogens is 5. The van der Waals surface area contributed by atoms with E-state index in [9.17, 15) is 4.39 Å². The summed E-state index contributed by atoms with van der Waals surface area (Å²) in [5.41, 5.74) is 3.11. The van der Waals surface area contributed by atoms with Crippen LogP contribution >= 0.6 is 0 Å². The van der Waals surface area contributed by atoms with Gasteiger partial charge >= 0.3 is 0 Å². The van der Waals surface area contributed by atoms with Gasteiger partial charge in [-0.25, -0.2) is 18.6 Å². The van der Waals surface area contributed by atoms with Gasteiger partial charge in [-0.15, -0.1) is 0 Å². The van der Waals surface area contributed by atoms with E-state index in [2.05, 4.69) is 22.1 Å². The minimum atomic E-state index is -0.385. The summed E-state index contributed by atoms with van der Waals surface area (Å²) in [6.07, 6.45) is 4.33. The molecule has 0 fully saturated rings. The molecule has 128 valence electrons. The van der Waals surface area contributed by atoms with Crippen LogP contribution in [0.25, 0.3) is 27.8 Å². The third-order valence-corrected chi connectivity index (χ3v) is 4.28. The Kier molecular flexibility index (Phi) is 3.63. The van der Waals surface area contributed by atoms with Gasteiger partial charge in [0.1, 0.15) is 17.3 Å². The van der Waals surface area contributed by atoms with Crippen molar-refractivity contribution in [1.29, 1.82) is 0 Å². The molecule has 0 aliphatic heterocycles. The van der Waals surface area contributed by atoms with E-state index < -0.39 is 0 Å². The van der Waals surface area contributed by atoms with Crippen LogP contribution in [0.4, 0.5) is 4.39 Å². The summed E-state index contributed by atoms with van der Waals surface area (Å²) in [5, 5.41) is 9.51. The van der Waals surface area contributed by atoms with E-state index in [0.717, 1.165) is 29.6 Å². The summed E-state index contributed by atoms with van der Waals surface area (Å²) in [4.78, 5) is 4.59. The Labute approximate surface area is 143 Å². The van der Waals surface area contributed by atoms with E-state index in [1.54, 1.807) is 30.1 Å². The Morgan fingerprint density at radius 3 is 2.88 bits per heavy atom. The summed E-state index contributed by atoms with van der Waals surface area (Å²) >= 11 is 0. The summed E-state index contributed by atoms with van der Waals surface area (Å²) < 4.78 is 23.6. The van der Waals surface area contributed by atoms with Gasteiger partial charge < -0.3 is 4.74 Å². The summed E-state index contributed by atoms with van der Waals surface area (Å²) in [6.45, 7) is 4.69. The van der Waals surface area contributed by atoms with Crippen LogP contribution < -0.4 is 4.74 Å². The lowest BCUT2D eigenvalue weighted by Gasteiger charge is -2.05. The van der Waals surface area contributed by atoms with Gasteiger partial charge in [-0.3, -0.25) is 0 Å². The number of fused-ring (bicyclic) bond motifs is 2. The maximum atomic E-state index is 14.8. The number of hydrogen-bond acceptors (Lipinski definition) is 4. The molecule has 0 saturated carbocycles. The largest absolute Gasteiger partial charge is 0.497 e. The summed E-state index contributed by atoms with van der Waals surface area (Å²) in [7, 11) is 1.60. The lowest BCUT2D eigenvalue weighted by molar-refractivity contribution is 0.414. The number of ether oxygens (including phenoxy) is 1. The highest BCUT2D eigenvalue weighted by Gasteiger charge is 2.18. The Morgan fingerprint density at radius 2 is 2.12 bits per heavy atom. The fraction of sp³-hybridized carbons (Fsp3) is 0.278. The first-order valence-electron chi connectivity index (χ1n) is 8.17. The summed E-state index contributed by atoms with van der Waals surface area (Å²) in [5.74, 6) is 0.298. The molecule has 0 radical (unpaired) electrons. The van der Waals surface area contributed by atoms with Crippen molar-refractivity contribution in [2.24, 2.45) is 0 Å². The Bertz CT molecular complexity index is 1080. The Morgan fingerprint density at radius 1 is 1.28 bits per heavy atom. The predicted molar refractivity (Wildman–Crippen MR) is 93.3 cm³/mol. The molecule has 0 atom stereocenters. The van der Waals surface area contributed by atoms with Crippen LogP contribution in [0, 0.1) is 12.7 Å². The molecule has 0 aromatic carbocycles. The molecule has 25 heavy (non-hydrogen) atoms. The third kappa shape index (κ3) is 2.43. The zero-order chi connectivity index (χ0) is 17.6. The monoisotopic (exact) mass is 339 g/mol. The van der Waals surface area contributed by atoms with Crippen LogP contribution in [-0.2, 0) is 6.54 Å².